The number of hydrogen-bond donors (Lipinski definition) is 2. The van der Waals surface area contributed by atoms with Gasteiger partial charge in [0.05, 0.1) is 18.5 Å². The maximum absolute atomic E-state index is 13.4. The zero-order valence-corrected chi connectivity index (χ0v) is 17.6. The Morgan fingerprint density at radius 2 is 2.00 bits per heavy atom. The third kappa shape index (κ3) is 8.40. The van der Waals surface area contributed by atoms with Crippen molar-refractivity contribution in [2.45, 2.75) is 58.5 Å². The lowest BCUT2D eigenvalue weighted by molar-refractivity contribution is -0.138. The van der Waals surface area contributed by atoms with Crippen LogP contribution in [-0.4, -0.2) is 43.0 Å². The predicted octanol–water partition coefficient (Wildman–Crippen LogP) is 2.44. The minimum atomic E-state index is -4.87. The van der Waals surface area contributed by atoms with E-state index in [4.69, 9.17) is 9.57 Å². The van der Waals surface area contributed by atoms with Crippen LogP contribution in [0.3, 0.4) is 0 Å². The van der Waals surface area contributed by atoms with Crippen LogP contribution in [0.5, 0.6) is 0 Å². The summed E-state index contributed by atoms with van der Waals surface area (Å²) in [4.78, 5) is 27.9. The number of halogens is 3. The van der Waals surface area contributed by atoms with E-state index < -0.39 is 43.0 Å². The fraction of sp³-hybridized carbons (Fsp3) is 0.688. The van der Waals surface area contributed by atoms with Crippen molar-refractivity contribution in [3.8, 4) is 0 Å². The summed E-state index contributed by atoms with van der Waals surface area (Å²) < 4.78 is 46.3. The Morgan fingerprint density at radius 3 is 2.54 bits per heavy atom. The smallest absolute Gasteiger partial charge is 0.378 e. The Balaban J connectivity index is 2.90. The number of rotatable bonds is 10. The van der Waals surface area contributed by atoms with Gasteiger partial charge in [-0.15, -0.1) is 0 Å². The summed E-state index contributed by atoms with van der Waals surface area (Å²) in [5.41, 5.74) is -1.04. The van der Waals surface area contributed by atoms with Crippen LogP contribution in [0.4, 0.5) is 18.9 Å². The standard InChI is InChI=1S/C16H27F3N4O4Si/c1-11(9-27-22-12(2)24)21-13-8-20-23(10-26-6-7-28(3,4)5)15(25)14(13)16(17,18)19/h8,11,21H,6-7,9-10H2,1-5H3,(H,22,24)/t11-/m0/s1. The molecule has 160 valence electrons. The highest BCUT2D eigenvalue weighted by Crippen LogP contribution is 2.31. The maximum atomic E-state index is 13.4. The zero-order chi connectivity index (χ0) is 21.5. The molecule has 0 saturated carbocycles. The first-order chi connectivity index (χ1) is 12.8. The van der Waals surface area contributed by atoms with E-state index in [9.17, 15) is 22.8 Å². The molecule has 1 atom stereocenters. The van der Waals surface area contributed by atoms with Crippen molar-refractivity contribution in [2.24, 2.45) is 0 Å². The summed E-state index contributed by atoms with van der Waals surface area (Å²) in [6.07, 6.45) is -3.94. The van der Waals surface area contributed by atoms with Gasteiger partial charge in [0.2, 0.25) is 5.91 Å². The van der Waals surface area contributed by atoms with Gasteiger partial charge in [-0.3, -0.25) is 14.4 Å². The summed E-state index contributed by atoms with van der Waals surface area (Å²) in [5, 5.41) is 6.30. The molecule has 1 amide bonds. The molecule has 0 fully saturated rings. The molecule has 0 aromatic carbocycles. The molecule has 0 saturated heterocycles. The second-order valence-corrected chi connectivity index (χ2v) is 13.2. The van der Waals surface area contributed by atoms with Crippen LogP contribution in [0.15, 0.2) is 11.0 Å². The highest BCUT2D eigenvalue weighted by Gasteiger charge is 2.38. The lowest BCUT2D eigenvalue weighted by Gasteiger charge is -2.19. The minimum Gasteiger partial charge on any atom is -0.378 e. The van der Waals surface area contributed by atoms with Crippen LogP contribution in [0.2, 0.25) is 25.7 Å². The van der Waals surface area contributed by atoms with E-state index in [1.807, 2.05) is 0 Å². The van der Waals surface area contributed by atoms with E-state index in [1.54, 1.807) is 0 Å². The fourth-order valence-corrected chi connectivity index (χ4v) is 2.83. The van der Waals surface area contributed by atoms with Crippen molar-refractivity contribution < 1.29 is 27.5 Å². The van der Waals surface area contributed by atoms with Gasteiger partial charge in [-0.1, -0.05) is 19.6 Å². The van der Waals surface area contributed by atoms with Crippen LogP contribution in [-0.2, 0) is 27.3 Å². The lowest BCUT2D eigenvalue weighted by Crippen LogP contribution is -2.35. The van der Waals surface area contributed by atoms with Gasteiger partial charge in [0.1, 0.15) is 12.3 Å². The molecule has 12 heteroatoms. The molecule has 1 aromatic heterocycles. The fourth-order valence-electron chi connectivity index (χ4n) is 2.07. The average Bonchev–Trinajstić information content (AvgIpc) is 2.50. The molecule has 0 aliphatic carbocycles. The van der Waals surface area contributed by atoms with Crippen LogP contribution >= 0.6 is 0 Å². The van der Waals surface area contributed by atoms with Crippen molar-refractivity contribution >= 4 is 19.7 Å². The van der Waals surface area contributed by atoms with Crippen molar-refractivity contribution in [2.75, 3.05) is 18.5 Å². The zero-order valence-electron chi connectivity index (χ0n) is 16.6. The second-order valence-electron chi connectivity index (χ2n) is 7.60. The van der Waals surface area contributed by atoms with Crippen molar-refractivity contribution in [3.05, 3.63) is 22.1 Å². The van der Waals surface area contributed by atoms with Crippen molar-refractivity contribution in [3.63, 3.8) is 0 Å². The number of carbonyl (C=O) groups excluding carboxylic acids is 1. The van der Waals surface area contributed by atoms with Gasteiger partial charge in [0, 0.05) is 27.6 Å². The molecule has 0 unspecified atom stereocenters. The van der Waals surface area contributed by atoms with E-state index in [1.165, 1.54) is 13.8 Å². The Morgan fingerprint density at radius 1 is 1.36 bits per heavy atom. The second kappa shape index (κ2) is 10.0. The number of anilines is 1. The molecule has 2 N–H and O–H groups in total. The van der Waals surface area contributed by atoms with Gasteiger partial charge >= 0.3 is 6.18 Å². The minimum absolute atomic E-state index is 0.111. The molecular weight excluding hydrogens is 397 g/mol. The molecular formula is C16H27F3N4O4Si. The first-order valence-electron chi connectivity index (χ1n) is 8.71. The third-order valence-electron chi connectivity index (χ3n) is 3.49. The molecule has 1 heterocycles. The number of amides is 1. The van der Waals surface area contributed by atoms with E-state index in [2.05, 4.69) is 35.5 Å². The summed E-state index contributed by atoms with van der Waals surface area (Å²) in [6, 6.07) is 0.192. The number of ether oxygens (including phenoxy) is 1. The van der Waals surface area contributed by atoms with Crippen LogP contribution < -0.4 is 16.4 Å². The number of carbonyl (C=O) groups is 1. The van der Waals surface area contributed by atoms with Crippen LogP contribution in [0.1, 0.15) is 19.4 Å². The van der Waals surface area contributed by atoms with Gasteiger partial charge in [-0.25, -0.2) is 10.2 Å². The molecule has 0 bridgehead atoms. The van der Waals surface area contributed by atoms with E-state index in [0.717, 1.165) is 12.2 Å². The quantitative estimate of drug-likeness (QED) is 0.340. The summed E-state index contributed by atoms with van der Waals surface area (Å²) in [6.45, 7) is 9.07. The van der Waals surface area contributed by atoms with E-state index in [0.29, 0.717) is 11.3 Å². The third-order valence-corrected chi connectivity index (χ3v) is 5.19. The molecule has 1 aromatic rings. The van der Waals surface area contributed by atoms with E-state index >= 15 is 0 Å². The highest BCUT2D eigenvalue weighted by molar-refractivity contribution is 6.76. The SMILES string of the molecule is CC(=O)NOC[C@H](C)Nc1cnn(COCC[Si](C)(C)C)c(=O)c1C(F)(F)F. The Hall–Kier alpha value is -1.92. The van der Waals surface area contributed by atoms with Gasteiger partial charge < -0.3 is 10.1 Å². The number of hydroxylamine groups is 1. The highest BCUT2D eigenvalue weighted by atomic mass is 28.3. The van der Waals surface area contributed by atoms with Gasteiger partial charge in [-0.2, -0.15) is 18.3 Å². The van der Waals surface area contributed by atoms with E-state index in [-0.39, 0.29) is 13.3 Å². The molecule has 0 aliphatic heterocycles. The largest absolute Gasteiger partial charge is 0.423 e. The molecule has 8 nitrogen and oxygen atoms in total. The molecule has 0 spiro atoms. The summed E-state index contributed by atoms with van der Waals surface area (Å²) >= 11 is 0. The first kappa shape index (κ1) is 24.1. The monoisotopic (exact) mass is 424 g/mol. The van der Waals surface area contributed by atoms with Gasteiger partial charge in [0.15, 0.2) is 0 Å². The van der Waals surface area contributed by atoms with Crippen molar-refractivity contribution in [1.29, 1.82) is 0 Å². The number of nitrogens with zero attached hydrogens (tertiary/aromatic N) is 2. The van der Waals surface area contributed by atoms with Gasteiger partial charge in [-0.05, 0) is 13.0 Å². The first-order valence-corrected chi connectivity index (χ1v) is 12.4. The normalized spacial score (nSPS) is 13.3. The molecule has 0 radical (unpaired) electrons. The van der Waals surface area contributed by atoms with Crippen LogP contribution in [0, 0.1) is 0 Å². The summed E-state index contributed by atoms with van der Waals surface area (Å²) in [5.74, 6) is -0.443. The topological polar surface area (TPSA) is 94.5 Å². The molecule has 1 rings (SSSR count). The Bertz CT molecular complexity index is 719. The summed E-state index contributed by atoms with van der Waals surface area (Å²) in [7, 11) is -1.36. The van der Waals surface area contributed by atoms with Crippen LogP contribution in [0.25, 0.3) is 0 Å². The predicted molar refractivity (Wildman–Crippen MR) is 100 cm³/mol. The molecule has 0 aliphatic rings. The number of alkyl halides is 3. The average molecular weight is 424 g/mol. The number of hydrogen-bond acceptors (Lipinski definition) is 6. The molecule has 28 heavy (non-hydrogen) atoms. The Labute approximate surface area is 162 Å². The number of aromatic nitrogens is 2. The van der Waals surface area contributed by atoms with Crippen molar-refractivity contribution in [1.82, 2.24) is 15.3 Å². The number of nitrogens with one attached hydrogen (secondary N) is 2. The maximum Gasteiger partial charge on any atom is 0.423 e. The lowest BCUT2D eigenvalue weighted by atomic mass is 10.2. The Kier molecular flexibility index (Phi) is 8.64. The van der Waals surface area contributed by atoms with Gasteiger partial charge in [0.25, 0.3) is 5.56 Å².